The van der Waals surface area contributed by atoms with Gasteiger partial charge in [-0.15, -0.1) is 0 Å². The van der Waals surface area contributed by atoms with E-state index in [1.807, 2.05) is 11.8 Å². The second kappa shape index (κ2) is 10.1. The molecule has 7 nitrogen and oxygen atoms in total. The number of amides is 1. The molecule has 27 heavy (non-hydrogen) atoms. The SMILES string of the molecule is CCC[C@H](N[C@@H](C)C(=O)N1C(CC(=O)O)C[C@@H]2CCCC[C@@H]21)C(=O)OCC. The van der Waals surface area contributed by atoms with Crippen molar-refractivity contribution >= 4 is 17.8 Å². The lowest BCUT2D eigenvalue weighted by Crippen LogP contribution is -2.54. The topological polar surface area (TPSA) is 95.9 Å². The van der Waals surface area contributed by atoms with Crippen molar-refractivity contribution in [1.82, 2.24) is 10.2 Å². The molecule has 1 saturated heterocycles. The first-order valence-corrected chi connectivity index (χ1v) is 10.4. The maximum atomic E-state index is 13.2. The van der Waals surface area contributed by atoms with Gasteiger partial charge in [-0.2, -0.15) is 0 Å². The number of aliphatic carboxylic acids is 1. The molecule has 2 rings (SSSR count). The van der Waals surface area contributed by atoms with E-state index in [9.17, 15) is 19.5 Å². The predicted octanol–water partition coefficient (Wildman–Crippen LogP) is 2.33. The van der Waals surface area contributed by atoms with Crippen molar-refractivity contribution < 1.29 is 24.2 Å². The normalized spacial score (nSPS) is 26.9. The number of nitrogens with one attached hydrogen (secondary N) is 1. The quantitative estimate of drug-likeness (QED) is 0.594. The smallest absolute Gasteiger partial charge is 0.323 e. The summed E-state index contributed by atoms with van der Waals surface area (Å²) in [4.78, 5) is 38.5. The number of fused-ring (bicyclic) bond motifs is 1. The number of carbonyl (C=O) groups excluding carboxylic acids is 2. The Morgan fingerprint density at radius 1 is 1.22 bits per heavy atom. The molecule has 0 radical (unpaired) electrons. The fourth-order valence-corrected chi connectivity index (χ4v) is 4.69. The number of hydrogen-bond donors (Lipinski definition) is 2. The van der Waals surface area contributed by atoms with E-state index in [0.29, 0.717) is 18.9 Å². The highest BCUT2D eigenvalue weighted by molar-refractivity contribution is 5.84. The molecule has 1 aliphatic carbocycles. The van der Waals surface area contributed by atoms with Crippen molar-refractivity contribution in [2.75, 3.05) is 6.61 Å². The van der Waals surface area contributed by atoms with Crippen LogP contribution in [0.25, 0.3) is 0 Å². The monoisotopic (exact) mass is 382 g/mol. The molecule has 1 saturated carbocycles. The van der Waals surface area contributed by atoms with Gasteiger partial charge in [0, 0.05) is 12.1 Å². The summed E-state index contributed by atoms with van der Waals surface area (Å²) in [6.07, 6.45) is 6.39. The summed E-state index contributed by atoms with van der Waals surface area (Å²) in [7, 11) is 0. The van der Waals surface area contributed by atoms with Crippen LogP contribution in [0.3, 0.4) is 0 Å². The molecule has 2 N–H and O–H groups in total. The van der Waals surface area contributed by atoms with Gasteiger partial charge in [-0.05, 0) is 45.4 Å². The van der Waals surface area contributed by atoms with Gasteiger partial charge in [0.05, 0.1) is 19.1 Å². The summed E-state index contributed by atoms with van der Waals surface area (Å²) < 4.78 is 5.12. The lowest BCUT2D eigenvalue weighted by molar-refractivity contribution is -0.146. The molecular formula is C20H34N2O5. The summed E-state index contributed by atoms with van der Waals surface area (Å²) in [5.41, 5.74) is 0. The number of hydrogen-bond acceptors (Lipinski definition) is 5. The number of ether oxygens (including phenoxy) is 1. The van der Waals surface area contributed by atoms with E-state index in [-0.39, 0.29) is 30.4 Å². The number of rotatable bonds is 9. The Kier molecular flexibility index (Phi) is 8.07. The van der Waals surface area contributed by atoms with Crippen molar-refractivity contribution in [2.24, 2.45) is 5.92 Å². The van der Waals surface area contributed by atoms with Crippen LogP contribution in [-0.4, -0.2) is 58.6 Å². The first-order valence-electron chi connectivity index (χ1n) is 10.4. The largest absolute Gasteiger partial charge is 0.481 e. The molecule has 1 heterocycles. The Morgan fingerprint density at radius 3 is 2.56 bits per heavy atom. The van der Waals surface area contributed by atoms with Gasteiger partial charge in [0.25, 0.3) is 0 Å². The average molecular weight is 383 g/mol. The second-order valence-electron chi connectivity index (χ2n) is 7.83. The number of esters is 1. The minimum atomic E-state index is -0.868. The first kappa shape index (κ1) is 21.7. The summed E-state index contributed by atoms with van der Waals surface area (Å²) in [5.74, 6) is -0.901. The molecule has 1 amide bonds. The van der Waals surface area contributed by atoms with Crippen LogP contribution in [0, 0.1) is 5.92 Å². The average Bonchev–Trinajstić information content (AvgIpc) is 2.97. The number of nitrogens with zero attached hydrogens (tertiary/aromatic N) is 1. The standard InChI is InChI=1S/C20H34N2O5/c1-4-8-16(20(26)27-5-2)21-13(3)19(25)22-15(12-18(23)24)11-14-9-6-7-10-17(14)22/h13-17,21H,4-12H2,1-3H3,(H,23,24)/t13-,14-,15?,16-,17-/m0/s1. The number of likely N-dealkylation sites (tertiary alicyclic amines) is 1. The van der Waals surface area contributed by atoms with E-state index in [0.717, 1.165) is 38.5 Å². The minimum Gasteiger partial charge on any atom is -0.481 e. The highest BCUT2D eigenvalue weighted by Gasteiger charge is 2.46. The minimum absolute atomic E-state index is 0.0122. The van der Waals surface area contributed by atoms with Gasteiger partial charge in [0.15, 0.2) is 0 Å². The molecule has 2 fully saturated rings. The Balaban J connectivity index is 2.10. The second-order valence-corrected chi connectivity index (χ2v) is 7.83. The molecule has 7 heteroatoms. The third kappa shape index (κ3) is 5.43. The van der Waals surface area contributed by atoms with Crippen LogP contribution in [0.2, 0.25) is 0 Å². The molecule has 0 spiro atoms. The molecule has 0 aromatic carbocycles. The van der Waals surface area contributed by atoms with Crippen molar-refractivity contribution in [1.29, 1.82) is 0 Å². The molecule has 5 atom stereocenters. The molecule has 1 unspecified atom stereocenters. The molecule has 1 aliphatic heterocycles. The third-order valence-corrected chi connectivity index (χ3v) is 5.83. The van der Waals surface area contributed by atoms with Crippen molar-refractivity contribution in [2.45, 2.75) is 96.3 Å². The fraction of sp³-hybridized carbons (Fsp3) is 0.850. The molecular weight excluding hydrogens is 348 g/mol. The Labute approximate surface area is 161 Å². The van der Waals surface area contributed by atoms with Gasteiger partial charge in [-0.25, -0.2) is 0 Å². The zero-order valence-electron chi connectivity index (χ0n) is 16.8. The molecule has 154 valence electrons. The lowest BCUT2D eigenvalue weighted by Gasteiger charge is -2.36. The van der Waals surface area contributed by atoms with Crippen LogP contribution in [0.15, 0.2) is 0 Å². The molecule has 0 aromatic rings. The van der Waals surface area contributed by atoms with Crippen LogP contribution < -0.4 is 5.32 Å². The number of carbonyl (C=O) groups is 3. The summed E-state index contributed by atoms with van der Waals surface area (Å²) in [5, 5.41) is 12.4. The summed E-state index contributed by atoms with van der Waals surface area (Å²) in [6, 6.07) is -1.19. The van der Waals surface area contributed by atoms with E-state index >= 15 is 0 Å². The van der Waals surface area contributed by atoms with E-state index in [1.165, 1.54) is 0 Å². The highest BCUT2D eigenvalue weighted by Crippen LogP contribution is 2.41. The van der Waals surface area contributed by atoms with Gasteiger partial charge >= 0.3 is 11.9 Å². The Hall–Kier alpha value is -1.63. The van der Waals surface area contributed by atoms with E-state index in [4.69, 9.17) is 4.74 Å². The fourth-order valence-electron chi connectivity index (χ4n) is 4.69. The maximum absolute atomic E-state index is 13.2. The third-order valence-electron chi connectivity index (χ3n) is 5.83. The van der Waals surface area contributed by atoms with Crippen LogP contribution in [0.1, 0.15) is 72.1 Å². The summed E-state index contributed by atoms with van der Waals surface area (Å²) >= 11 is 0. The van der Waals surface area contributed by atoms with Crippen LogP contribution >= 0.6 is 0 Å². The zero-order valence-corrected chi connectivity index (χ0v) is 16.8. The van der Waals surface area contributed by atoms with Crippen LogP contribution in [0.5, 0.6) is 0 Å². The van der Waals surface area contributed by atoms with Crippen LogP contribution in [0.4, 0.5) is 0 Å². The van der Waals surface area contributed by atoms with Gasteiger partial charge in [-0.3, -0.25) is 19.7 Å². The molecule has 2 aliphatic rings. The molecule has 0 aromatic heterocycles. The van der Waals surface area contributed by atoms with E-state index in [1.54, 1.807) is 13.8 Å². The van der Waals surface area contributed by atoms with E-state index < -0.39 is 18.1 Å². The van der Waals surface area contributed by atoms with Crippen molar-refractivity contribution in [3.63, 3.8) is 0 Å². The summed E-state index contributed by atoms with van der Waals surface area (Å²) in [6.45, 7) is 5.81. The Bertz CT molecular complexity index is 538. The highest BCUT2D eigenvalue weighted by atomic mass is 16.5. The molecule has 0 bridgehead atoms. The van der Waals surface area contributed by atoms with Gasteiger partial charge in [-0.1, -0.05) is 26.2 Å². The van der Waals surface area contributed by atoms with Gasteiger partial charge < -0.3 is 14.7 Å². The maximum Gasteiger partial charge on any atom is 0.323 e. The van der Waals surface area contributed by atoms with Gasteiger partial charge in [0.1, 0.15) is 6.04 Å². The lowest BCUT2D eigenvalue weighted by atomic mass is 9.84. The number of carboxylic acid groups (broad SMARTS) is 1. The number of carboxylic acids is 1. The Morgan fingerprint density at radius 2 is 1.93 bits per heavy atom. The van der Waals surface area contributed by atoms with Crippen molar-refractivity contribution in [3.05, 3.63) is 0 Å². The first-order chi connectivity index (χ1) is 12.9. The zero-order chi connectivity index (χ0) is 20.0. The van der Waals surface area contributed by atoms with E-state index in [2.05, 4.69) is 5.32 Å². The van der Waals surface area contributed by atoms with Crippen molar-refractivity contribution in [3.8, 4) is 0 Å². The van der Waals surface area contributed by atoms with Gasteiger partial charge in [0.2, 0.25) is 5.91 Å². The predicted molar refractivity (Wildman–Crippen MR) is 101 cm³/mol. The van der Waals surface area contributed by atoms with Crippen LogP contribution in [-0.2, 0) is 19.1 Å².